The molecule has 0 radical (unpaired) electrons. The van der Waals surface area contributed by atoms with Gasteiger partial charge in [0.1, 0.15) is 5.25 Å². The van der Waals surface area contributed by atoms with Gasteiger partial charge in [-0.3, -0.25) is 4.79 Å². The third-order valence-corrected chi connectivity index (χ3v) is 4.69. The van der Waals surface area contributed by atoms with Crippen LogP contribution in [0.2, 0.25) is 0 Å². The Balaban J connectivity index is 2.11. The molecule has 0 N–H and O–H groups in total. The van der Waals surface area contributed by atoms with E-state index < -0.39 is 0 Å². The molecule has 0 aliphatic heterocycles. The lowest BCUT2D eigenvalue weighted by molar-refractivity contribution is -0.140. The summed E-state index contributed by atoms with van der Waals surface area (Å²) in [6, 6.07) is 17.8. The number of ether oxygens (including phenoxy) is 1. The van der Waals surface area contributed by atoms with Gasteiger partial charge in [-0.1, -0.05) is 54.6 Å². The number of hydrogen-bond donors (Lipinski definition) is 0. The molecule has 21 heavy (non-hydrogen) atoms. The molecule has 0 bridgehead atoms. The number of alkyl halides is 1. The summed E-state index contributed by atoms with van der Waals surface area (Å²) >= 11 is 7.41. The molecule has 0 amide bonds. The number of methoxy groups -OCH3 is 1. The van der Waals surface area contributed by atoms with Crippen LogP contribution in [-0.2, 0) is 21.2 Å². The summed E-state index contributed by atoms with van der Waals surface area (Å²) in [5.74, 6) is 1.01. The van der Waals surface area contributed by atoms with Gasteiger partial charge in [0.15, 0.2) is 0 Å². The standard InChI is InChI=1S/C17H17ClO2S/c1-20-17(19)16(15-8-3-2-4-9-15)21-12-14-7-5-6-13(10-14)11-18/h2-10,16H,11-12H2,1H3. The number of carbonyl (C=O) groups is 1. The van der Waals surface area contributed by atoms with Crippen molar-refractivity contribution in [3.8, 4) is 0 Å². The first-order chi connectivity index (χ1) is 10.2. The Labute approximate surface area is 134 Å². The summed E-state index contributed by atoms with van der Waals surface area (Å²) < 4.78 is 4.92. The maximum absolute atomic E-state index is 12.0. The predicted octanol–water partition coefficient (Wildman–Crippen LogP) is 4.57. The van der Waals surface area contributed by atoms with Gasteiger partial charge in [0.2, 0.25) is 0 Å². The van der Waals surface area contributed by atoms with E-state index in [-0.39, 0.29) is 11.2 Å². The first kappa shape index (κ1) is 15.9. The van der Waals surface area contributed by atoms with Crippen molar-refractivity contribution in [2.75, 3.05) is 7.11 Å². The maximum atomic E-state index is 12.0. The van der Waals surface area contributed by atoms with Gasteiger partial charge in [0.25, 0.3) is 0 Å². The van der Waals surface area contributed by atoms with E-state index >= 15 is 0 Å². The van der Waals surface area contributed by atoms with Crippen molar-refractivity contribution in [3.05, 3.63) is 71.3 Å². The van der Waals surface area contributed by atoms with Crippen LogP contribution in [0.5, 0.6) is 0 Å². The summed E-state index contributed by atoms with van der Waals surface area (Å²) in [6.07, 6.45) is 0. The fourth-order valence-electron chi connectivity index (χ4n) is 2.02. The minimum atomic E-state index is -0.309. The minimum Gasteiger partial charge on any atom is -0.468 e. The average molecular weight is 321 g/mol. The van der Waals surface area contributed by atoms with Gasteiger partial charge in [-0.25, -0.2) is 0 Å². The molecule has 2 nitrogen and oxygen atoms in total. The number of thioether (sulfide) groups is 1. The monoisotopic (exact) mass is 320 g/mol. The zero-order valence-electron chi connectivity index (χ0n) is 11.8. The highest BCUT2D eigenvalue weighted by atomic mass is 35.5. The molecular weight excluding hydrogens is 304 g/mol. The second-order valence-electron chi connectivity index (χ2n) is 4.58. The Hall–Kier alpha value is -1.45. The van der Waals surface area contributed by atoms with E-state index in [2.05, 4.69) is 6.07 Å². The number of rotatable bonds is 6. The highest BCUT2D eigenvalue weighted by Crippen LogP contribution is 2.32. The maximum Gasteiger partial charge on any atom is 0.323 e. The Bertz CT molecular complexity index is 586. The average Bonchev–Trinajstić information content (AvgIpc) is 2.56. The lowest BCUT2D eigenvalue weighted by Crippen LogP contribution is -2.11. The third-order valence-electron chi connectivity index (χ3n) is 3.08. The van der Waals surface area contributed by atoms with Crippen molar-refractivity contribution in [1.29, 1.82) is 0 Å². The van der Waals surface area contributed by atoms with Crippen LogP contribution in [0.4, 0.5) is 0 Å². The Morgan fingerprint density at radius 2 is 1.86 bits per heavy atom. The molecule has 0 aliphatic carbocycles. The van der Waals surface area contributed by atoms with Crippen LogP contribution in [-0.4, -0.2) is 13.1 Å². The summed E-state index contributed by atoms with van der Waals surface area (Å²) in [6.45, 7) is 0. The lowest BCUT2D eigenvalue weighted by Gasteiger charge is -2.15. The van der Waals surface area contributed by atoms with Gasteiger partial charge in [-0.15, -0.1) is 23.4 Å². The van der Waals surface area contributed by atoms with E-state index in [4.69, 9.17) is 16.3 Å². The van der Waals surface area contributed by atoms with Crippen molar-refractivity contribution in [1.82, 2.24) is 0 Å². The van der Waals surface area contributed by atoms with E-state index in [0.29, 0.717) is 5.88 Å². The van der Waals surface area contributed by atoms with E-state index in [1.54, 1.807) is 11.8 Å². The van der Waals surface area contributed by atoms with Crippen LogP contribution in [0, 0.1) is 0 Å². The van der Waals surface area contributed by atoms with Gasteiger partial charge in [0.05, 0.1) is 7.11 Å². The topological polar surface area (TPSA) is 26.3 Å². The van der Waals surface area contributed by atoms with Crippen LogP contribution in [0.1, 0.15) is 21.9 Å². The second kappa shape index (κ2) is 8.11. The Kier molecular flexibility index (Phi) is 6.15. The fraction of sp³-hybridized carbons (Fsp3) is 0.235. The van der Waals surface area contributed by atoms with E-state index in [1.165, 1.54) is 7.11 Å². The highest BCUT2D eigenvalue weighted by Gasteiger charge is 2.21. The SMILES string of the molecule is COC(=O)C(SCc1cccc(CCl)c1)c1ccccc1. The quantitative estimate of drug-likeness (QED) is 0.576. The Morgan fingerprint density at radius 3 is 2.52 bits per heavy atom. The molecule has 2 rings (SSSR count). The van der Waals surface area contributed by atoms with Crippen molar-refractivity contribution in [2.24, 2.45) is 0 Å². The molecule has 2 aromatic carbocycles. The van der Waals surface area contributed by atoms with Gasteiger partial charge in [-0.2, -0.15) is 0 Å². The number of hydrogen-bond acceptors (Lipinski definition) is 3. The first-order valence-electron chi connectivity index (χ1n) is 6.62. The summed E-state index contributed by atoms with van der Waals surface area (Å²) in [4.78, 5) is 12.0. The molecule has 0 heterocycles. The predicted molar refractivity (Wildman–Crippen MR) is 88.5 cm³/mol. The molecule has 0 aliphatic rings. The van der Waals surface area contributed by atoms with Crippen LogP contribution in [0.3, 0.4) is 0 Å². The fourth-order valence-corrected chi connectivity index (χ4v) is 3.30. The summed E-state index contributed by atoms with van der Waals surface area (Å²) in [5, 5.41) is -0.309. The normalized spacial score (nSPS) is 11.9. The summed E-state index contributed by atoms with van der Waals surface area (Å²) in [7, 11) is 1.42. The number of esters is 1. The number of benzene rings is 2. The Morgan fingerprint density at radius 1 is 1.14 bits per heavy atom. The molecule has 0 saturated carbocycles. The molecule has 2 aromatic rings. The molecule has 0 aromatic heterocycles. The molecule has 4 heteroatoms. The number of halogens is 1. The molecule has 0 fully saturated rings. The van der Waals surface area contributed by atoms with Crippen molar-refractivity contribution < 1.29 is 9.53 Å². The summed E-state index contributed by atoms with van der Waals surface area (Å²) in [5.41, 5.74) is 3.20. The van der Waals surface area contributed by atoms with Crippen molar-refractivity contribution in [2.45, 2.75) is 16.9 Å². The van der Waals surface area contributed by atoms with Gasteiger partial charge >= 0.3 is 5.97 Å². The molecular formula is C17H17ClO2S. The van der Waals surface area contributed by atoms with Crippen LogP contribution < -0.4 is 0 Å². The third kappa shape index (κ3) is 4.51. The molecule has 1 atom stereocenters. The zero-order chi connectivity index (χ0) is 15.1. The van der Waals surface area contributed by atoms with Crippen molar-refractivity contribution >= 4 is 29.3 Å². The largest absolute Gasteiger partial charge is 0.468 e. The van der Waals surface area contributed by atoms with Crippen molar-refractivity contribution in [3.63, 3.8) is 0 Å². The smallest absolute Gasteiger partial charge is 0.323 e. The molecule has 110 valence electrons. The minimum absolute atomic E-state index is 0.223. The zero-order valence-corrected chi connectivity index (χ0v) is 13.4. The first-order valence-corrected chi connectivity index (χ1v) is 8.21. The van der Waals surface area contributed by atoms with E-state index in [1.807, 2.05) is 48.5 Å². The molecule has 1 unspecified atom stereocenters. The van der Waals surface area contributed by atoms with Crippen LogP contribution in [0.15, 0.2) is 54.6 Å². The molecule has 0 spiro atoms. The second-order valence-corrected chi connectivity index (χ2v) is 5.94. The lowest BCUT2D eigenvalue weighted by atomic mass is 10.1. The van der Waals surface area contributed by atoms with Gasteiger partial charge < -0.3 is 4.74 Å². The van der Waals surface area contributed by atoms with Gasteiger partial charge in [-0.05, 0) is 16.7 Å². The van der Waals surface area contributed by atoms with Crippen LogP contribution in [0.25, 0.3) is 0 Å². The van der Waals surface area contributed by atoms with Gasteiger partial charge in [0, 0.05) is 11.6 Å². The van der Waals surface area contributed by atoms with Crippen LogP contribution >= 0.6 is 23.4 Å². The van der Waals surface area contributed by atoms with E-state index in [9.17, 15) is 4.79 Å². The molecule has 0 saturated heterocycles. The van der Waals surface area contributed by atoms with E-state index in [0.717, 1.165) is 22.4 Å². The number of carbonyl (C=O) groups excluding carboxylic acids is 1. The highest BCUT2D eigenvalue weighted by molar-refractivity contribution is 7.99.